The third-order valence-corrected chi connectivity index (χ3v) is 7.60. The quantitative estimate of drug-likeness (QED) is 0.0912. The minimum absolute atomic E-state index is 0.0262. The molecule has 246 valence electrons. The van der Waals surface area contributed by atoms with Gasteiger partial charge in [0.25, 0.3) is 0 Å². The molecular weight excluding hydrogens is 556 g/mol. The van der Waals surface area contributed by atoms with Gasteiger partial charge < -0.3 is 59.8 Å². The van der Waals surface area contributed by atoms with E-state index in [1.54, 1.807) is 18.7 Å². The maximum absolute atomic E-state index is 13.0. The smallest absolute Gasteiger partial charge is 0.222 e. The van der Waals surface area contributed by atoms with Crippen molar-refractivity contribution in [3.63, 3.8) is 0 Å². The van der Waals surface area contributed by atoms with E-state index in [1.165, 1.54) is 0 Å². The molecule has 14 nitrogen and oxygen atoms in total. The molecule has 7 N–H and O–H groups in total. The number of carbonyl (C=O) groups is 2. The van der Waals surface area contributed by atoms with Crippen LogP contribution in [0.2, 0.25) is 0 Å². The highest BCUT2D eigenvalue weighted by molar-refractivity contribution is 5.77. The fraction of sp³-hybridized carbons (Fsp3) is 0.929. The average Bonchev–Trinajstić information content (AvgIpc) is 2.96. The Morgan fingerprint density at radius 1 is 0.667 bits per heavy atom. The lowest BCUT2D eigenvalue weighted by molar-refractivity contribution is -0.293. The zero-order valence-corrected chi connectivity index (χ0v) is 25.0. The fourth-order valence-electron chi connectivity index (χ4n) is 4.88. The van der Waals surface area contributed by atoms with Gasteiger partial charge in [-0.05, 0) is 59.3 Å². The van der Waals surface area contributed by atoms with Crippen LogP contribution in [0.5, 0.6) is 0 Å². The minimum atomic E-state index is -1.37. The van der Waals surface area contributed by atoms with Gasteiger partial charge in [-0.1, -0.05) is 0 Å². The van der Waals surface area contributed by atoms with Gasteiger partial charge in [0.1, 0.15) is 36.6 Å². The molecule has 0 bridgehead atoms. The van der Waals surface area contributed by atoms with Gasteiger partial charge >= 0.3 is 0 Å². The topological polar surface area (TPSA) is 208 Å². The van der Waals surface area contributed by atoms with Crippen molar-refractivity contribution in [1.82, 2.24) is 10.2 Å². The fourth-order valence-corrected chi connectivity index (χ4v) is 4.88. The summed E-state index contributed by atoms with van der Waals surface area (Å²) in [6, 6.07) is 0. The van der Waals surface area contributed by atoms with Crippen LogP contribution < -0.4 is 5.32 Å². The number of unbranched alkanes of at least 4 members (excludes halogenated alkanes) is 3. The van der Waals surface area contributed by atoms with Gasteiger partial charge in [0.15, 0.2) is 12.6 Å². The molecule has 0 unspecified atom stereocenters. The van der Waals surface area contributed by atoms with Crippen molar-refractivity contribution >= 4 is 11.8 Å². The number of nitrogens with zero attached hydrogens (tertiary/aromatic N) is 1. The number of carbonyl (C=O) groups excluding carboxylic acids is 2. The molecule has 14 heteroatoms. The number of rotatable bonds is 18. The third kappa shape index (κ3) is 11.6. The van der Waals surface area contributed by atoms with Gasteiger partial charge in [-0.2, -0.15) is 0 Å². The molecule has 0 aromatic carbocycles. The lowest BCUT2D eigenvalue weighted by atomic mass is 10.0. The summed E-state index contributed by atoms with van der Waals surface area (Å²) in [5.41, 5.74) is 0. The summed E-state index contributed by atoms with van der Waals surface area (Å²) in [4.78, 5) is 26.4. The molecule has 2 amide bonds. The van der Waals surface area contributed by atoms with Crippen LogP contribution in [-0.2, 0) is 28.5 Å². The number of ether oxygens (including phenoxy) is 4. The largest absolute Gasteiger partial charge is 0.388 e. The Kier molecular flexibility index (Phi) is 16.7. The first kappa shape index (κ1) is 36.7. The predicted octanol–water partition coefficient (Wildman–Crippen LogP) is -1.24. The van der Waals surface area contributed by atoms with Crippen LogP contribution in [0.3, 0.4) is 0 Å². The summed E-state index contributed by atoms with van der Waals surface area (Å²) in [6.45, 7) is 6.98. The van der Waals surface area contributed by atoms with Crippen LogP contribution in [0.1, 0.15) is 72.1 Å². The molecule has 0 saturated carbocycles. The molecule has 2 aliphatic heterocycles. The summed E-state index contributed by atoms with van der Waals surface area (Å²) in [6.07, 6.45) is -7.11. The van der Waals surface area contributed by atoms with E-state index in [-0.39, 0.29) is 25.0 Å². The van der Waals surface area contributed by atoms with Crippen LogP contribution in [0.15, 0.2) is 0 Å². The second-order valence-corrected chi connectivity index (χ2v) is 11.1. The molecule has 10 atom stereocenters. The van der Waals surface area contributed by atoms with E-state index >= 15 is 0 Å². The number of hydrogen-bond acceptors (Lipinski definition) is 12. The first-order valence-corrected chi connectivity index (χ1v) is 15.1. The van der Waals surface area contributed by atoms with E-state index in [1.807, 2.05) is 6.92 Å². The number of aliphatic hydroxyl groups excluding tert-OH is 6. The summed E-state index contributed by atoms with van der Waals surface area (Å²) < 4.78 is 22.0. The highest BCUT2D eigenvalue weighted by Gasteiger charge is 2.43. The Morgan fingerprint density at radius 3 is 1.57 bits per heavy atom. The zero-order chi connectivity index (χ0) is 31.2. The molecule has 2 aliphatic rings. The Labute approximate surface area is 247 Å². The summed E-state index contributed by atoms with van der Waals surface area (Å²) in [5.74, 6) is -0.0598. The van der Waals surface area contributed by atoms with Crippen molar-refractivity contribution in [2.24, 2.45) is 0 Å². The first-order chi connectivity index (χ1) is 20.0. The third-order valence-electron chi connectivity index (χ3n) is 7.60. The van der Waals surface area contributed by atoms with E-state index in [4.69, 9.17) is 18.9 Å². The van der Waals surface area contributed by atoms with Crippen molar-refractivity contribution < 1.29 is 59.2 Å². The van der Waals surface area contributed by atoms with Crippen molar-refractivity contribution in [3.05, 3.63) is 0 Å². The van der Waals surface area contributed by atoms with Crippen molar-refractivity contribution in [3.8, 4) is 0 Å². The van der Waals surface area contributed by atoms with Crippen molar-refractivity contribution in [2.45, 2.75) is 134 Å². The lowest BCUT2D eigenvalue weighted by Crippen LogP contribution is -2.57. The van der Waals surface area contributed by atoms with Crippen LogP contribution in [0.25, 0.3) is 0 Å². The van der Waals surface area contributed by atoms with E-state index in [0.29, 0.717) is 71.0 Å². The summed E-state index contributed by atoms with van der Waals surface area (Å²) >= 11 is 0. The molecule has 0 spiro atoms. The minimum Gasteiger partial charge on any atom is -0.388 e. The van der Waals surface area contributed by atoms with Crippen LogP contribution in [0, 0.1) is 0 Å². The second kappa shape index (κ2) is 19.0. The highest BCUT2D eigenvalue weighted by atomic mass is 16.7. The standard InChI is InChI=1S/C28H52N2O12/c1-4-29-19(31)11-5-6-12-20(32)30(13-7-9-15-39-27-25(37)23(35)21(33)17(2)41-27)14-8-10-16-40-28-26(38)24(36)22(34)18(3)42-28/h17-18,21-28,33-38H,4-16H2,1-3H3,(H,29,31)/t17-,18-,21+,22+,23+,24+,25-,26-,27+,28+/m0/s1. The molecule has 2 rings (SSSR count). The Morgan fingerprint density at radius 2 is 1.12 bits per heavy atom. The van der Waals surface area contributed by atoms with Gasteiger partial charge in [0.05, 0.1) is 12.2 Å². The van der Waals surface area contributed by atoms with E-state index in [0.717, 1.165) is 0 Å². The Hall–Kier alpha value is -1.46. The molecule has 2 saturated heterocycles. The lowest BCUT2D eigenvalue weighted by Gasteiger charge is -2.39. The molecule has 0 radical (unpaired) electrons. The number of aliphatic hydroxyl groups is 6. The molecule has 2 heterocycles. The van der Waals surface area contributed by atoms with Crippen molar-refractivity contribution in [1.29, 1.82) is 0 Å². The van der Waals surface area contributed by atoms with E-state index in [2.05, 4.69) is 5.32 Å². The summed E-state index contributed by atoms with van der Waals surface area (Å²) in [7, 11) is 0. The zero-order valence-electron chi connectivity index (χ0n) is 25.0. The Balaban J connectivity index is 1.76. The molecule has 2 fully saturated rings. The predicted molar refractivity (Wildman–Crippen MR) is 149 cm³/mol. The Bertz CT molecular complexity index is 748. The van der Waals surface area contributed by atoms with Gasteiger partial charge in [-0.3, -0.25) is 9.59 Å². The van der Waals surface area contributed by atoms with Crippen molar-refractivity contribution in [2.75, 3.05) is 32.8 Å². The summed E-state index contributed by atoms with van der Waals surface area (Å²) in [5, 5.41) is 62.4. The normalized spacial score (nSPS) is 33.4. The van der Waals surface area contributed by atoms with E-state index in [9.17, 15) is 40.2 Å². The monoisotopic (exact) mass is 608 g/mol. The maximum Gasteiger partial charge on any atom is 0.222 e. The number of hydrogen-bond donors (Lipinski definition) is 7. The van der Waals surface area contributed by atoms with Gasteiger partial charge in [0.2, 0.25) is 11.8 Å². The highest BCUT2D eigenvalue weighted by Crippen LogP contribution is 2.23. The number of nitrogens with one attached hydrogen (secondary N) is 1. The molecule has 0 aromatic rings. The SMILES string of the molecule is CCNC(=O)CCCCC(=O)N(CCCCO[C@@H]1O[C@@H](C)[C@@H](O)[C@@H](O)[C@@H]1O)CCCCO[C@@H]1O[C@@H](C)[C@@H](O)[C@@H](O)[C@@H]1O. The van der Waals surface area contributed by atoms with E-state index < -0.39 is 61.4 Å². The maximum atomic E-state index is 13.0. The van der Waals surface area contributed by atoms with Gasteiger partial charge in [-0.15, -0.1) is 0 Å². The van der Waals surface area contributed by atoms with Gasteiger partial charge in [-0.25, -0.2) is 0 Å². The second-order valence-electron chi connectivity index (χ2n) is 11.1. The average molecular weight is 609 g/mol. The first-order valence-electron chi connectivity index (χ1n) is 15.1. The van der Waals surface area contributed by atoms with Crippen LogP contribution >= 0.6 is 0 Å². The number of amides is 2. The van der Waals surface area contributed by atoms with Crippen LogP contribution in [0.4, 0.5) is 0 Å². The van der Waals surface area contributed by atoms with Gasteiger partial charge in [0, 0.05) is 45.7 Å². The molecule has 42 heavy (non-hydrogen) atoms. The molecule has 0 aliphatic carbocycles. The molecule has 0 aromatic heterocycles. The van der Waals surface area contributed by atoms with Crippen LogP contribution in [-0.4, -0.2) is 142 Å². The molecular formula is C28H52N2O12.